The summed E-state index contributed by atoms with van der Waals surface area (Å²) in [6, 6.07) is 8.42. The first-order chi connectivity index (χ1) is 10.5. The molecular formula is C17H28N2O4. The van der Waals surface area contributed by atoms with Crippen LogP contribution < -0.4 is 11.5 Å². The van der Waals surface area contributed by atoms with Gasteiger partial charge in [-0.2, -0.15) is 0 Å². The summed E-state index contributed by atoms with van der Waals surface area (Å²) < 4.78 is 9.86. The van der Waals surface area contributed by atoms with Crippen LogP contribution in [0.3, 0.4) is 0 Å². The molecule has 1 aromatic rings. The normalized spacial score (nSPS) is 13.2. The summed E-state index contributed by atoms with van der Waals surface area (Å²) in [5, 5.41) is 0. The maximum atomic E-state index is 11.0. The number of rotatable bonds is 4. The Labute approximate surface area is 138 Å². The van der Waals surface area contributed by atoms with Crippen LogP contribution in [0.25, 0.3) is 0 Å². The van der Waals surface area contributed by atoms with Crippen LogP contribution in [-0.4, -0.2) is 29.6 Å². The van der Waals surface area contributed by atoms with Crippen molar-refractivity contribution in [2.45, 2.75) is 58.9 Å². The van der Waals surface area contributed by atoms with Crippen molar-refractivity contribution in [1.82, 2.24) is 0 Å². The molecule has 2 atom stereocenters. The first-order valence-electron chi connectivity index (χ1n) is 7.47. The molecule has 0 fully saturated rings. The topological polar surface area (TPSA) is 105 Å². The van der Waals surface area contributed by atoms with Crippen molar-refractivity contribution in [3.8, 4) is 0 Å². The van der Waals surface area contributed by atoms with Gasteiger partial charge >= 0.3 is 11.9 Å². The van der Waals surface area contributed by atoms with Crippen LogP contribution in [-0.2, 0) is 25.7 Å². The Morgan fingerprint density at radius 3 is 1.83 bits per heavy atom. The molecule has 1 aromatic carbocycles. The van der Waals surface area contributed by atoms with Crippen molar-refractivity contribution in [3.05, 3.63) is 35.9 Å². The molecule has 0 amide bonds. The Balaban J connectivity index is 0.000000438. The highest BCUT2D eigenvalue weighted by atomic mass is 16.6. The predicted molar refractivity (Wildman–Crippen MR) is 89.4 cm³/mol. The maximum absolute atomic E-state index is 11.0. The zero-order valence-corrected chi connectivity index (χ0v) is 14.5. The van der Waals surface area contributed by atoms with Gasteiger partial charge in [-0.15, -0.1) is 0 Å². The summed E-state index contributed by atoms with van der Waals surface area (Å²) in [5.74, 6) is -0.726. The van der Waals surface area contributed by atoms with Crippen molar-refractivity contribution >= 4 is 11.9 Å². The minimum absolute atomic E-state index is 0.293. The van der Waals surface area contributed by atoms with E-state index in [0.717, 1.165) is 5.56 Å². The zero-order chi connectivity index (χ0) is 18.0. The summed E-state index contributed by atoms with van der Waals surface area (Å²) in [6.45, 7) is 8.94. The summed E-state index contributed by atoms with van der Waals surface area (Å²) in [7, 11) is 0. The average molecular weight is 324 g/mol. The highest BCUT2D eigenvalue weighted by Crippen LogP contribution is 2.07. The van der Waals surface area contributed by atoms with E-state index >= 15 is 0 Å². The van der Waals surface area contributed by atoms with Crippen LogP contribution in [0.1, 0.15) is 40.2 Å². The quantitative estimate of drug-likeness (QED) is 0.818. The van der Waals surface area contributed by atoms with Crippen molar-refractivity contribution in [1.29, 1.82) is 0 Å². The molecule has 0 saturated carbocycles. The third-order valence-corrected chi connectivity index (χ3v) is 2.37. The minimum atomic E-state index is -0.552. The second-order valence-electron chi connectivity index (χ2n) is 6.20. The van der Waals surface area contributed by atoms with E-state index in [4.69, 9.17) is 20.9 Å². The van der Waals surface area contributed by atoms with E-state index < -0.39 is 17.7 Å². The van der Waals surface area contributed by atoms with Gasteiger partial charge in [0.05, 0.1) is 0 Å². The zero-order valence-electron chi connectivity index (χ0n) is 14.5. The van der Waals surface area contributed by atoms with Gasteiger partial charge in [-0.05, 0) is 40.2 Å². The van der Waals surface area contributed by atoms with Crippen LogP contribution in [0.2, 0.25) is 0 Å². The second-order valence-corrected chi connectivity index (χ2v) is 6.20. The third kappa shape index (κ3) is 11.3. The highest BCUT2D eigenvalue weighted by Gasteiger charge is 2.18. The molecule has 0 aliphatic heterocycles. The minimum Gasteiger partial charge on any atom is -0.460 e. The van der Waals surface area contributed by atoms with Gasteiger partial charge < -0.3 is 20.9 Å². The van der Waals surface area contributed by atoms with E-state index in [2.05, 4.69) is 0 Å². The highest BCUT2D eigenvalue weighted by molar-refractivity contribution is 5.75. The Morgan fingerprint density at radius 1 is 1.00 bits per heavy atom. The first-order valence-corrected chi connectivity index (χ1v) is 7.47. The molecule has 23 heavy (non-hydrogen) atoms. The van der Waals surface area contributed by atoms with Crippen LogP contribution in [0.5, 0.6) is 0 Å². The predicted octanol–water partition coefficient (Wildman–Crippen LogP) is 1.75. The van der Waals surface area contributed by atoms with Gasteiger partial charge in [0.2, 0.25) is 0 Å². The molecule has 6 heteroatoms. The molecule has 0 aromatic heterocycles. The largest absolute Gasteiger partial charge is 0.460 e. The van der Waals surface area contributed by atoms with E-state index in [9.17, 15) is 9.59 Å². The van der Waals surface area contributed by atoms with Gasteiger partial charge in [-0.25, -0.2) is 0 Å². The van der Waals surface area contributed by atoms with Gasteiger partial charge in [-0.3, -0.25) is 9.59 Å². The van der Waals surface area contributed by atoms with Gasteiger partial charge in [0.25, 0.3) is 0 Å². The summed E-state index contributed by atoms with van der Waals surface area (Å²) in [6.07, 6.45) is 0. The molecular weight excluding hydrogens is 296 g/mol. The number of carbonyl (C=O) groups is 2. The molecule has 6 nitrogen and oxygen atoms in total. The number of esters is 2. The molecule has 0 radical (unpaired) electrons. The lowest BCUT2D eigenvalue weighted by Crippen LogP contribution is -2.35. The number of ether oxygens (including phenoxy) is 2. The van der Waals surface area contributed by atoms with Crippen LogP contribution >= 0.6 is 0 Å². The smallest absolute Gasteiger partial charge is 0.323 e. The molecule has 0 aliphatic rings. The van der Waals surface area contributed by atoms with Gasteiger partial charge in [0.15, 0.2) is 0 Å². The molecule has 1 rings (SSSR count). The number of benzene rings is 1. The standard InChI is InChI=1S/C10H13NO2.C7H15NO2/c1-8(11)10(12)13-7-9-5-3-2-4-6-9;1-5(8)6(9)10-7(2,3)4/h2-6,8H,7,11H2,1H3;5H,8H2,1-4H3. The maximum Gasteiger partial charge on any atom is 0.323 e. The Morgan fingerprint density at radius 2 is 1.48 bits per heavy atom. The first kappa shape index (κ1) is 21.1. The van der Waals surface area contributed by atoms with E-state index in [-0.39, 0.29) is 11.9 Å². The fourth-order valence-electron chi connectivity index (χ4n) is 1.25. The van der Waals surface area contributed by atoms with Crippen LogP contribution in [0.4, 0.5) is 0 Å². The van der Waals surface area contributed by atoms with E-state index in [1.807, 2.05) is 51.1 Å². The molecule has 0 aliphatic carbocycles. The van der Waals surface area contributed by atoms with E-state index in [0.29, 0.717) is 6.61 Å². The lowest BCUT2D eigenvalue weighted by molar-refractivity contribution is -0.156. The van der Waals surface area contributed by atoms with Crippen LogP contribution in [0, 0.1) is 0 Å². The average Bonchev–Trinajstić information content (AvgIpc) is 2.44. The molecule has 130 valence electrons. The number of hydrogen-bond acceptors (Lipinski definition) is 6. The molecule has 0 spiro atoms. The van der Waals surface area contributed by atoms with Gasteiger partial charge in [0.1, 0.15) is 24.3 Å². The number of nitrogens with two attached hydrogens (primary N) is 2. The number of carbonyl (C=O) groups excluding carboxylic acids is 2. The van der Waals surface area contributed by atoms with Crippen molar-refractivity contribution in [2.75, 3.05) is 0 Å². The SMILES string of the molecule is CC(N)C(=O)OC(C)(C)C.CC(N)C(=O)OCc1ccccc1. The second kappa shape index (κ2) is 9.97. The van der Waals surface area contributed by atoms with Crippen molar-refractivity contribution in [3.63, 3.8) is 0 Å². The van der Waals surface area contributed by atoms with E-state index in [1.54, 1.807) is 13.8 Å². The van der Waals surface area contributed by atoms with E-state index in [1.165, 1.54) is 0 Å². The van der Waals surface area contributed by atoms with Gasteiger partial charge in [0, 0.05) is 0 Å². The Hall–Kier alpha value is -1.92. The van der Waals surface area contributed by atoms with Gasteiger partial charge in [-0.1, -0.05) is 30.3 Å². The Kier molecular flexibility index (Phi) is 9.14. The molecule has 0 heterocycles. The van der Waals surface area contributed by atoms with Crippen molar-refractivity contribution in [2.24, 2.45) is 11.5 Å². The molecule has 0 saturated heterocycles. The van der Waals surface area contributed by atoms with Crippen LogP contribution in [0.15, 0.2) is 30.3 Å². The summed E-state index contributed by atoms with van der Waals surface area (Å²) in [4.78, 5) is 21.8. The third-order valence-electron chi connectivity index (χ3n) is 2.37. The van der Waals surface area contributed by atoms with Crippen molar-refractivity contribution < 1.29 is 19.1 Å². The fourth-order valence-corrected chi connectivity index (χ4v) is 1.25. The monoisotopic (exact) mass is 324 g/mol. The summed E-state index contributed by atoms with van der Waals surface area (Å²) >= 11 is 0. The Bertz CT molecular complexity index is 479. The lowest BCUT2D eigenvalue weighted by atomic mass is 10.2. The fraction of sp³-hybridized carbons (Fsp3) is 0.529. The molecule has 0 bridgehead atoms. The number of hydrogen-bond donors (Lipinski definition) is 2. The lowest BCUT2D eigenvalue weighted by Gasteiger charge is -2.20. The summed E-state index contributed by atoms with van der Waals surface area (Å²) in [5.41, 5.74) is 11.1. The molecule has 2 unspecified atom stereocenters. The molecule has 4 N–H and O–H groups in total.